The molecular weight excluding hydrogens is 196 g/mol. The Balaban J connectivity index is 2.05. The summed E-state index contributed by atoms with van der Waals surface area (Å²) in [6, 6.07) is 0. The SMILES string of the molecule is CC(CCN)CCCN1CCCCCCC1. The number of rotatable bonds is 6. The molecular formula is C14H30N2. The first-order chi connectivity index (χ1) is 7.83. The van der Waals surface area contributed by atoms with E-state index < -0.39 is 0 Å². The number of nitrogens with two attached hydrogens (primary N) is 1. The summed E-state index contributed by atoms with van der Waals surface area (Å²) in [5.41, 5.74) is 5.57. The summed E-state index contributed by atoms with van der Waals surface area (Å²) in [5, 5.41) is 0. The summed E-state index contributed by atoms with van der Waals surface area (Å²) in [4.78, 5) is 2.67. The average molecular weight is 226 g/mol. The highest BCUT2D eigenvalue weighted by Gasteiger charge is 2.08. The Labute approximate surface area is 102 Å². The van der Waals surface area contributed by atoms with Crippen molar-refractivity contribution in [2.45, 2.75) is 58.3 Å². The quantitative estimate of drug-likeness (QED) is 0.754. The first kappa shape index (κ1) is 14.0. The van der Waals surface area contributed by atoms with Gasteiger partial charge in [0.1, 0.15) is 0 Å². The number of hydrogen-bond acceptors (Lipinski definition) is 2. The van der Waals surface area contributed by atoms with Gasteiger partial charge in [-0.25, -0.2) is 0 Å². The lowest BCUT2D eigenvalue weighted by Crippen LogP contribution is -2.28. The van der Waals surface area contributed by atoms with Crippen LogP contribution in [0.5, 0.6) is 0 Å². The van der Waals surface area contributed by atoms with Gasteiger partial charge in [-0.05, 0) is 64.2 Å². The molecule has 1 atom stereocenters. The Morgan fingerprint density at radius 3 is 2.25 bits per heavy atom. The molecule has 1 aliphatic rings. The van der Waals surface area contributed by atoms with Crippen LogP contribution in [0.3, 0.4) is 0 Å². The zero-order valence-electron chi connectivity index (χ0n) is 11.1. The van der Waals surface area contributed by atoms with Crippen LogP contribution in [-0.2, 0) is 0 Å². The number of nitrogens with zero attached hydrogens (tertiary/aromatic N) is 1. The minimum Gasteiger partial charge on any atom is -0.330 e. The van der Waals surface area contributed by atoms with Gasteiger partial charge in [-0.2, -0.15) is 0 Å². The second kappa shape index (κ2) is 9.00. The molecule has 2 N–H and O–H groups in total. The number of likely N-dealkylation sites (tertiary alicyclic amines) is 1. The van der Waals surface area contributed by atoms with Gasteiger partial charge in [0.2, 0.25) is 0 Å². The molecule has 0 spiro atoms. The summed E-state index contributed by atoms with van der Waals surface area (Å²) in [6.45, 7) is 7.18. The van der Waals surface area contributed by atoms with Gasteiger partial charge in [0.05, 0.1) is 0 Å². The van der Waals surface area contributed by atoms with E-state index in [4.69, 9.17) is 5.73 Å². The lowest BCUT2D eigenvalue weighted by molar-refractivity contribution is 0.237. The van der Waals surface area contributed by atoms with Crippen molar-refractivity contribution in [3.05, 3.63) is 0 Å². The third-order valence-corrected chi connectivity index (χ3v) is 3.78. The van der Waals surface area contributed by atoms with Gasteiger partial charge >= 0.3 is 0 Å². The van der Waals surface area contributed by atoms with Gasteiger partial charge in [0.25, 0.3) is 0 Å². The minimum absolute atomic E-state index is 0.819. The molecule has 1 unspecified atom stereocenters. The minimum atomic E-state index is 0.819. The normalized spacial score (nSPS) is 21.4. The monoisotopic (exact) mass is 226 g/mol. The van der Waals surface area contributed by atoms with E-state index in [1.54, 1.807) is 0 Å². The van der Waals surface area contributed by atoms with E-state index in [-0.39, 0.29) is 0 Å². The van der Waals surface area contributed by atoms with E-state index in [0.29, 0.717) is 0 Å². The highest BCUT2D eigenvalue weighted by molar-refractivity contribution is 4.63. The molecule has 16 heavy (non-hydrogen) atoms. The van der Waals surface area contributed by atoms with E-state index in [0.717, 1.165) is 12.5 Å². The van der Waals surface area contributed by atoms with Crippen LogP contribution >= 0.6 is 0 Å². The summed E-state index contributed by atoms with van der Waals surface area (Å²) in [6.07, 6.45) is 11.1. The Kier molecular flexibility index (Phi) is 7.87. The van der Waals surface area contributed by atoms with Crippen molar-refractivity contribution in [3.63, 3.8) is 0 Å². The van der Waals surface area contributed by atoms with Gasteiger partial charge in [0, 0.05) is 0 Å². The third kappa shape index (κ3) is 6.49. The Morgan fingerprint density at radius 2 is 1.62 bits per heavy atom. The van der Waals surface area contributed by atoms with Crippen molar-refractivity contribution in [3.8, 4) is 0 Å². The molecule has 0 aromatic heterocycles. The fourth-order valence-electron chi connectivity index (χ4n) is 2.63. The molecule has 0 radical (unpaired) electrons. The fourth-order valence-corrected chi connectivity index (χ4v) is 2.63. The first-order valence-corrected chi connectivity index (χ1v) is 7.25. The summed E-state index contributed by atoms with van der Waals surface area (Å²) < 4.78 is 0. The van der Waals surface area contributed by atoms with Crippen LogP contribution in [0.15, 0.2) is 0 Å². The largest absolute Gasteiger partial charge is 0.330 e. The van der Waals surface area contributed by atoms with Gasteiger partial charge in [-0.15, -0.1) is 0 Å². The van der Waals surface area contributed by atoms with Crippen molar-refractivity contribution in [2.75, 3.05) is 26.2 Å². The van der Waals surface area contributed by atoms with Crippen LogP contribution in [0.1, 0.15) is 58.3 Å². The molecule has 0 saturated carbocycles. The smallest absolute Gasteiger partial charge is 0.00186 e. The molecule has 1 fully saturated rings. The molecule has 2 heteroatoms. The maximum Gasteiger partial charge on any atom is -0.00186 e. The fraction of sp³-hybridized carbons (Fsp3) is 1.00. The second-order valence-electron chi connectivity index (χ2n) is 5.43. The second-order valence-corrected chi connectivity index (χ2v) is 5.43. The Morgan fingerprint density at radius 1 is 1.00 bits per heavy atom. The molecule has 1 aliphatic heterocycles. The third-order valence-electron chi connectivity index (χ3n) is 3.78. The molecule has 0 amide bonds. The lowest BCUT2D eigenvalue weighted by Gasteiger charge is -2.24. The zero-order chi connectivity index (χ0) is 11.6. The summed E-state index contributed by atoms with van der Waals surface area (Å²) in [7, 11) is 0. The number of hydrogen-bond donors (Lipinski definition) is 1. The van der Waals surface area contributed by atoms with Crippen LogP contribution in [0.25, 0.3) is 0 Å². The Hall–Kier alpha value is -0.0800. The van der Waals surface area contributed by atoms with Crippen molar-refractivity contribution in [1.82, 2.24) is 4.90 Å². The highest BCUT2D eigenvalue weighted by Crippen LogP contribution is 2.13. The first-order valence-electron chi connectivity index (χ1n) is 7.25. The molecule has 96 valence electrons. The zero-order valence-corrected chi connectivity index (χ0v) is 11.1. The van der Waals surface area contributed by atoms with E-state index in [1.807, 2.05) is 0 Å². The van der Waals surface area contributed by atoms with E-state index >= 15 is 0 Å². The molecule has 0 aromatic carbocycles. The molecule has 1 rings (SSSR count). The Bertz CT molecular complexity index is 151. The van der Waals surface area contributed by atoms with Crippen molar-refractivity contribution >= 4 is 0 Å². The van der Waals surface area contributed by atoms with Crippen LogP contribution in [0.4, 0.5) is 0 Å². The van der Waals surface area contributed by atoms with Crippen LogP contribution in [0, 0.1) is 5.92 Å². The van der Waals surface area contributed by atoms with Crippen LogP contribution < -0.4 is 5.73 Å². The van der Waals surface area contributed by atoms with Crippen LogP contribution in [0.2, 0.25) is 0 Å². The topological polar surface area (TPSA) is 29.3 Å². The van der Waals surface area contributed by atoms with Gasteiger partial charge in [0.15, 0.2) is 0 Å². The van der Waals surface area contributed by atoms with Crippen LogP contribution in [-0.4, -0.2) is 31.1 Å². The molecule has 1 heterocycles. The molecule has 0 bridgehead atoms. The maximum atomic E-state index is 5.57. The molecule has 1 saturated heterocycles. The van der Waals surface area contributed by atoms with E-state index in [2.05, 4.69) is 11.8 Å². The standard InChI is InChI=1S/C14H30N2/c1-14(9-10-15)8-7-13-16-11-5-3-2-4-6-12-16/h14H,2-13,15H2,1H3. The van der Waals surface area contributed by atoms with Crippen molar-refractivity contribution in [1.29, 1.82) is 0 Å². The van der Waals surface area contributed by atoms with Gasteiger partial charge < -0.3 is 10.6 Å². The average Bonchev–Trinajstić information content (AvgIpc) is 2.21. The van der Waals surface area contributed by atoms with Crippen molar-refractivity contribution < 1.29 is 0 Å². The van der Waals surface area contributed by atoms with E-state index in [1.165, 1.54) is 71.0 Å². The highest BCUT2D eigenvalue weighted by atomic mass is 15.1. The van der Waals surface area contributed by atoms with Gasteiger partial charge in [-0.3, -0.25) is 0 Å². The molecule has 0 aliphatic carbocycles. The summed E-state index contributed by atoms with van der Waals surface area (Å²) in [5.74, 6) is 0.819. The van der Waals surface area contributed by atoms with E-state index in [9.17, 15) is 0 Å². The predicted octanol–water partition coefficient (Wildman–Crippen LogP) is 3.02. The van der Waals surface area contributed by atoms with Crippen molar-refractivity contribution in [2.24, 2.45) is 11.7 Å². The lowest BCUT2D eigenvalue weighted by atomic mass is 10.0. The maximum absolute atomic E-state index is 5.57. The van der Waals surface area contributed by atoms with Gasteiger partial charge in [-0.1, -0.05) is 26.2 Å². The summed E-state index contributed by atoms with van der Waals surface area (Å²) >= 11 is 0. The predicted molar refractivity (Wildman–Crippen MR) is 71.6 cm³/mol. The molecule has 2 nitrogen and oxygen atoms in total. The molecule has 0 aromatic rings.